The molecule has 0 saturated carbocycles. The van der Waals surface area contributed by atoms with Crippen LogP contribution in [0.3, 0.4) is 0 Å². The van der Waals surface area contributed by atoms with Crippen molar-refractivity contribution in [3.05, 3.63) is 31.4 Å². The maximum atomic E-state index is 5.26. The summed E-state index contributed by atoms with van der Waals surface area (Å²) in [4.78, 5) is 0. The molecular weight excluding hydrogens is 229 g/mol. The molecule has 0 bridgehead atoms. The van der Waals surface area contributed by atoms with Crippen molar-refractivity contribution in [1.82, 2.24) is 0 Å². The Hall–Kier alpha value is -0.0761. The smallest absolute Gasteiger partial charge is 0.158 e. The van der Waals surface area contributed by atoms with Crippen LogP contribution in [0.1, 0.15) is 6.92 Å². The largest absolute Gasteiger partial charge is 0.663 e. The van der Waals surface area contributed by atoms with Crippen LogP contribution in [0.15, 0.2) is 24.3 Å². The van der Waals surface area contributed by atoms with Crippen LogP contribution in [0.25, 0.3) is 0 Å². The van der Waals surface area contributed by atoms with Gasteiger partial charge in [0.25, 0.3) is 0 Å². The van der Waals surface area contributed by atoms with E-state index in [0.717, 1.165) is 5.75 Å². The molecular formula is C9H11O2Y-. The summed E-state index contributed by atoms with van der Waals surface area (Å²) in [5.74, 6) is 1.42. The first-order chi connectivity index (χ1) is 5.38. The van der Waals surface area contributed by atoms with Crippen LogP contribution in [0.4, 0.5) is 0 Å². The molecule has 3 heteroatoms. The van der Waals surface area contributed by atoms with E-state index in [4.69, 9.17) is 9.47 Å². The molecule has 1 rings (SSSR count). The van der Waals surface area contributed by atoms with Crippen LogP contribution in [0.5, 0.6) is 11.5 Å². The maximum Gasteiger partial charge on any atom is 0.158 e. The maximum absolute atomic E-state index is 5.26. The normalized spacial score (nSPS) is 8.50. The summed E-state index contributed by atoms with van der Waals surface area (Å²) in [6.07, 6.45) is 0. The Morgan fingerprint density at radius 2 is 1.83 bits per heavy atom. The molecule has 0 aliphatic rings. The fourth-order valence-electron chi connectivity index (χ4n) is 0.844. The van der Waals surface area contributed by atoms with Crippen LogP contribution in [0, 0.1) is 7.11 Å². The molecule has 0 heterocycles. The molecule has 1 aromatic carbocycles. The van der Waals surface area contributed by atoms with Gasteiger partial charge in [-0.1, -0.05) is 12.1 Å². The third-order valence-corrected chi connectivity index (χ3v) is 1.30. The standard InChI is InChI=1S/C9H11O2.Y/c1-3-11-9-7-5-4-6-8(9)10-2;/h4-7H,2-3H2,1H3;/q-1;. The summed E-state index contributed by atoms with van der Waals surface area (Å²) in [6, 6.07) is 7.44. The fraction of sp³-hybridized carbons (Fsp3) is 0.222. The number of rotatable bonds is 3. The van der Waals surface area contributed by atoms with Crippen molar-refractivity contribution in [2.45, 2.75) is 6.92 Å². The van der Waals surface area contributed by atoms with E-state index in [1.807, 2.05) is 31.2 Å². The molecule has 0 spiro atoms. The molecule has 0 fully saturated rings. The Balaban J connectivity index is 0.00000121. The Bertz CT molecular complexity index is 226. The topological polar surface area (TPSA) is 18.5 Å². The summed E-state index contributed by atoms with van der Waals surface area (Å²) >= 11 is 0. The van der Waals surface area contributed by atoms with E-state index in [1.165, 1.54) is 0 Å². The number of para-hydroxylation sites is 2. The predicted molar refractivity (Wildman–Crippen MR) is 43.6 cm³/mol. The minimum absolute atomic E-state index is 0. The number of hydrogen-bond donors (Lipinski definition) is 0. The van der Waals surface area contributed by atoms with Gasteiger partial charge in [-0.15, -0.1) is 0 Å². The molecule has 0 N–H and O–H groups in total. The van der Waals surface area contributed by atoms with Gasteiger partial charge < -0.3 is 9.47 Å². The quantitative estimate of drug-likeness (QED) is 0.754. The second-order valence-corrected chi connectivity index (χ2v) is 2.02. The third kappa shape index (κ3) is 3.12. The van der Waals surface area contributed by atoms with Crippen LogP contribution in [-0.4, -0.2) is 6.61 Å². The molecule has 0 atom stereocenters. The van der Waals surface area contributed by atoms with Gasteiger partial charge >= 0.3 is 0 Å². The van der Waals surface area contributed by atoms with Gasteiger partial charge in [0, 0.05) is 32.7 Å². The summed E-state index contributed by atoms with van der Waals surface area (Å²) in [5.41, 5.74) is 0. The van der Waals surface area contributed by atoms with Crippen molar-refractivity contribution in [3.8, 4) is 11.5 Å². The SMILES string of the molecule is [CH2-]Oc1ccccc1OCC.[Y]. The van der Waals surface area contributed by atoms with Crippen LogP contribution >= 0.6 is 0 Å². The Labute approximate surface area is 98.1 Å². The molecule has 0 saturated heterocycles. The monoisotopic (exact) mass is 240 g/mol. The van der Waals surface area contributed by atoms with Crippen molar-refractivity contribution >= 4 is 0 Å². The molecule has 0 aromatic heterocycles. The number of hydrogen-bond acceptors (Lipinski definition) is 2. The summed E-state index contributed by atoms with van der Waals surface area (Å²) < 4.78 is 10.1. The molecule has 12 heavy (non-hydrogen) atoms. The zero-order chi connectivity index (χ0) is 8.10. The molecule has 0 aliphatic heterocycles. The van der Waals surface area contributed by atoms with Gasteiger partial charge in [-0.2, -0.15) is 7.11 Å². The Morgan fingerprint density at radius 3 is 2.33 bits per heavy atom. The second-order valence-electron chi connectivity index (χ2n) is 2.02. The van der Waals surface area contributed by atoms with E-state index < -0.39 is 0 Å². The average molecular weight is 240 g/mol. The fourth-order valence-corrected chi connectivity index (χ4v) is 0.844. The van der Waals surface area contributed by atoms with Gasteiger partial charge in [-0.25, -0.2) is 0 Å². The summed E-state index contributed by atoms with van der Waals surface area (Å²) in [5, 5.41) is 0. The molecule has 1 aromatic rings. The van der Waals surface area contributed by atoms with Crippen LogP contribution < -0.4 is 9.47 Å². The van der Waals surface area contributed by atoms with Crippen molar-refractivity contribution in [2.24, 2.45) is 0 Å². The van der Waals surface area contributed by atoms with Gasteiger partial charge in [0.15, 0.2) is 5.75 Å². The first-order valence-electron chi connectivity index (χ1n) is 3.52. The molecule has 0 unspecified atom stereocenters. The van der Waals surface area contributed by atoms with Crippen molar-refractivity contribution in [1.29, 1.82) is 0 Å². The first kappa shape index (κ1) is 11.9. The Morgan fingerprint density at radius 1 is 1.25 bits per heavy atom. The molecule has 0 amide bonds. The van der Waals surface area contributed by atoms with Gasteiger partial charge in [0.1, 0.15) is 5.75 Å². The van der Waals surface area contributed by atoms with Crippen molar-refractivity contribution < 1.29 is 42.2 Å². The van der Waals surface area contributed by atoms with Crippen LogP contribution in [-0.2, 0) is 32.7 Å². The van der Waals surface area contributed by atoms with Crippen molar-refractivity contribution in [2.75, 3.05) is 6.61 Å². The first-order valence-corrected chi connectivity index (χ1v) is 3.52. The zero-order valence-corrected chi connectivity index (χ0v) is 9.96. The van der Waals surface area contributed by atoms with E-state index >= 15 is 0 Å². The van der Waals surface area contributed by atoms with E-state index in [2.05, 4.69) is 7.11 Å². The minimum Gasteiger partial charge on any atom is -0.663 e. The Kier molecular flexibility index (Phi) is 6.40. The van der Waals surface area contributed by atoms with Gasteiger partial charge in [0.05, 0.1) is 6.61 Å². The zero-order valence-electron chi connectivity index (χ0n) is 7.12. The van der Waals surface area contributed by atoms with E-state index in [-0.39, 0.29) is 32.7 Å². The second kappa shape index (κ2) is 6.44. The van der Waals surface area contributed by atoms with Gasteiger partial charge in [-0.05, 0) is 19.1 Å². The van der Waals surface area contributed by atoms with Crippen LogP contribution in [0.2, 0.25) is 0 Å². The molecule has 2 nitrogen and oxygen atoms in total. The van der Waals surface area contributed by atoms with E-state index in [1.54, 1.807) is 0 Å². The molecule has 63 valence electrons. The molecule has 0 aliphatic carbocycles. The van der Waals surface area contributed by atoms with E-state index in [0.29, 0.717) is 12.4 Å². The van der Waals surface area contributed by atoms with E-state index in [9.17, 15) is 0 Å². The minimum atomic E-state index is 0. The molecule has 1 radical (unpaired) electrons. The summed E-state index contributed by atoms with van der Waals surface area (Å²) in [6.45, 7) is 2.57. The van der Waals surface area contributed by atoms with Gasteiger partial charge in [-0.3, -0.25) is 0 Å². The average Bonchev–Trinajstić information content (AvgIpc) is 2.06. The van der Waals surface area contributed by atoms with Crippen molar-refractivity contribution in [3.63, 3.8) is 0 Å². The predicted octanol–water partition coefficient (Wildman–Crippen LogP) is 2.25. The number of ether oxygens (including phenoxy) is 2. The third-order valence-electron chi connectivity index (χ3n) is 1.30. The number of benzene rings is 1. The van der Waals surface area contributed by atoms with Gasteiger partial charge in [0.2, 0.25) is 0 Å². The summed E-state index contributed by atoms with van der Waals surface area (Å²) in [7, 11) is 3.32.